The predicted molar refractivity (Wildman–Crippen MR) is 120 cm³/mol. The molecule has 0 aromatic heterocycles. The first-order valence-electron chi connectivity index (χ1n) is 10.4. The van der Waals surface area contributed by atoms with Crippen LogP contribution >= 0.6 is 0 Å². The maximum atomic E-state index is 13.0. The number of fused-ring (bicyclic) bond motifs is 1. The molecule has 0 saturated carbocycles. The molecule has 0 saturated heterocycles. The lowest BCUT2D eigenvalue weighted by Crippen LogP contribution is -2.45. The Morgan fingerprint density at radius 3 is 2.09 bits per heavy atom. The van der Waals surface area contributed by atoms with Crippen LogP contribution in [0.5, 0.6) is 11.5 Å². The van der Waals surface area contributed by atoms with Crippen LogP contribution in [0.25, 0.3) is 0 Å². The summed E-state index contributed by atoms with van der Waals surface area (Å²) in [6.07, 6.45) is 0. The number of anilines is 1. The number of hydrogen-bond acceptors (Lipinski definition) is 4. The highest BCUT2D eigenvalue weighted by Gasteiger charge is 2.22. The minimum Gasteiger partial charge on any atom is -0.457 e. The molecule has 2 amide bonds. The topological polar surface area (TPSA) is 70.7 Å². The normalized spacial score (nSPS) is 13.8. The number of amides is 2. The summed E-state index contributed by atoms with van der Waals surface area (Å²) in [7, 11) is 0. The number of hydrogen-bond donors (Lipinski definition) is 2. The number of benzene rings is 3. The van der Waals surface area contributed by atoms with E-state index in [4.69, 9.17) is 4.74 Å². The van der Waals surface area contributed by atoms with Crippen molar-refractivity contribution in [1.82, 2.24) is 10.2 Å². The molecule has 1 atom stereocenters. The van der Waals surface area contributed by atoms with Crippen molar-refractivity contribution in [1.29, 1.82) is 0 Å². The molecule has 32 heavy (non-hydrogen) atoms. The van der Waals surface area contributed by atoms with Crippen LogP contribution in [0.15, 0.2) is 72.8 Å². The summed E-state index contributed by atoms with van der Waals surface area (Å²) < 4.78 is 18.6. The average molecular weight is 433 g/mol. The van der Waals surface area contributed by atoms with Gasteiger partial charge in [0, 0.05) is 18.8 Å². The first-order valence-corrected chi connectivity index (χ1v) is 10.4. The van der Waals surface area contributed by atoms with Crippen LogP contribution in [0.4, 0.5) is 10.1 Å². The van der Waals surface area contributed by atoms with Gasteiger partial charge in [-0.1, -0.05) is 24.3 Å². The number of carbonyl (C=O) groups excluding carboxylic acids is 2. The van der Waals surface area contributed by atoms with Crippen molar-refractivity contribution in [2.24, 2.45) is 0 Å². The van der Waals surface area contributed by atoms with E-state index in [0.717, 1.165) is 13.1 Å². The largest absolute Gasteiger partial charge is 0.457 e. The third kappa shape index (κ3) is 5.50. The lowest BCUT2D eigenvalue weighted by Gasteiger charge is -2.18. The van der Waals surface area contributed by atoms with Gasteiger partial charge in [-0.3, -0.25) is 14.5 Å². The molecule has 0 aliphatic carbocycles. The highest BCUT2D eigenvalue weighted by Crippen LogP contribution is 2.23. The van der Waals surface area contributed by atoms with Crippen molar-refractivity contribution < 1.29 is 18.7 Å². The SMILES string of the molecule is CC(NC(=O)CN1Cc2ccccc2C1)C(=O)Nc1ccc(Oc2ccc(F)cc2)cc1. The highest BCUT2D eigenvalue weighted by atomic mass is 19.1. The molecule has 6 nitrogen and oxygen atoms in total. The molecule has 0 spiro atoms. The minimum atomic E-state index is -0.678. The molecule has 4 rings (SSSR count). The molecular weight excluding hydrogens is 409 g/mol. The third-order valence-corrected chi connectivity index (χ3v) is 5.22. The zero-order chi connectivity index (χ0) is 22.5. The molecule has 164 valence electrons. The Balaban J connectivity index is 1.24. The molecule has 7 heteroatoms. The summed E-state index contributed by atoms with van der Waals surface area (Å²) in [5.41, 5.74) is 3.05. The van der Waals surface area contributed by atoms with E-state index in [1.807, 2.05) is 17.0 Å². The van der Waals surface area contributed by atoms with Gasteiger partial charge in [-0.25, -0.2) is 4.39 Å². The Bertz CT molecular complexity index is 1080. The zero-order valence-electron chi connectivity index (χ0n) is 17.7. The Morgan fingerprint density at radius 1 is 0.938 bits per heavy atom. The van der Waals surface area contributed by atoms with Gasteiger partial charge in [-0.2, -0.15) is 0 Å². The smallest absolute Gasteiger partial charge is 0.246 e. The van der Waals surface area contributed by atoms with Crippen LogP contribution in [0.2, 0.25) is 0 Å². The maximum absolute atomic E-state index is 13.0. The van der Waals surface area contributed by atoms with E-state index in [-0.39, 0.29) is 24.2 Å². The lowest BCUT2D eigenvalue weighted by molar-refractivity contribution is -0.127. The predicted octanol–water partition coefficient (Wildman–Crippen LogP) is 4.08. The van der Waals surface area contributed by atoms with Gasteiger partial charge in [0.1, 0.15) is 23.4 Å². The Labute approximate surface area is 186 Å². The average Bonchev–Trinajstić information content (AvgIpc) is 3.18. The van der Waals surface area contributed by atoms with E-state index in [1.54, 1.807) is 31.2 Å². The van der Waals surface area contributed by atoms with Gasteiger partial charge >= 0.3 is 0 Å². The summed E-state index contributed by atoms with van der Waals surface area (Å²) in [6, 6.07) is 20.0. The van der Waals surface area contributed by atoms with Gasteiger partial charge in [-0.15, -0.1) is 0 Å². The molecule has 1 aliphatic heterocycles. The van der Waals surface area contributed by atoms with Crippen molar-refractivity contribution in [3.63, 3.8) is 0 Å². The van der Waals surface area contributed by atoms with Crippen LogP contribution in [0.3, 0.4) is 0 Å². The van der Waals surface area contributed by atoms with Gasteiger partial charge in [0.25, 0.3) is 0 Å². The van der Waals surface area contributed by atoms with Gasteiger partial charge in [0.2, 0.25) is 11.8 Å². The molecule has 1 unspecified atom stereocenters. The summed E-state index contributed by atoms with van der Waals surface area (Å²) in [5, 5.41) is 5.54. The summed E-state index contributed by atoms with van der Waals surface area (Å²) >= 11 is 0. The molecule has 1 heterocycles. The summed E-state index contributed by atoms with van der Waals surface area (Å²) in [6.45, 7) is 3.35. The number of nitrogens with one attached hydrogen (secondary N) is 2. The number of carbonyl (C=O) groups is 2. The second-order valence-corrected chi connectivity index (χ2v) is 7.77. The Kier molecular flexibility index (Phi) is 6.47. The molecule has 0 radical (unpaired) electrons. The zero-order valence-corrected chi connectivity index (χ0v) is 17.7. The highest BCUT2D eigenvalue weighted by molar-refractivity contribution is 5.97. The second kappa shape index (κ2) is 9.62. The number of rotatable bonds is 7. The van der Waals surface area contributed by atoms with E-state index >= 15 is 0 Å². The lowest BCUT2D eigenvalue weighted by atomic mass is 10.1. The van der Waals surface area contributed by atoms with Crippen LogP contribution in [-0.2, 0) is 22.7 Å². The first kappa shape index (κ1) is 21.5. The second-order valence-electron chi connectivity index (χ2n) is 7.77. The van der Waals surface area contributed by atoms with Crippen LogP contribution in [0, 0.1) is 5.82 Å². The third-order valence-electron chi connectivity index (χ3n) is 5.22. The molecule has 0 fully saturated rings. The molecular formula is C25H24FN3O3. The number of nitrogens with zero attached hydrogens (tertiary/aromatic N) is 1. The standard InChI is InChI=1S/C25H24FN3O3/c1-17(27-24(30)16-29-14-18-4-2-3-5-19(18)15-29)25(31)28-21-8-12-23(13-9-21)32-22-10-6-20(26)7-11-22/h2-13,17H,14-16H2,1H3,(H,27,30)(H,28,31). The Hall–Kier alpha value is -3.71. The van der Waals surface area contributed by atoms with Crippen molar-refractivity contribution in [2.75, 3.05) is 11.9 Å². The van der Waals surface area contributed by atoms with Crippen molar-refractivity contribution >= 4 is 17.5 Å². The van der Waals surface area contributed by atoms with Gasteiger partial charge in [0.05, 0.1) is 6.54 Å². The van der Waals surface area contributed by atoms with Crippen LogP contribution in [0.1, 0.15) is 18.1 Å². The van der Waals surface area contributed by atoms with E-state index in [0.29, 0.717) is 17.2 Å². The van der Waals surface area contributed by atoms with Gasteiger partial charge < -0.3 is 15.4 Å². The van der Waals surface area contributed by atoms with E-state index < -0.39 is 6.04 Å². The van der Waals surface area contributed by atoms with Crippen molar-refractivity contribution in [3.05, 3.63) is 89.7 Å². The monoisotopic (exact) mass is 433 g/mol. The molecule has 2 N–H and O–H groups in total. The Morgan fingerprint density at radius 2 is 1.50 bits per heavy atom. The van der Waals surface area contributed by atoms with E-state index in [2.05, 4.69) is 22.8 Å². The van der Waals surface area contributed by atoms with E-state index in [9.17, 15) is 14.0 Å². The number of ether oxygens (including phenoxy) is 1. The summed E-state index contributed by atoms with van der Waals surface area (Å²) in [4.78, 5) is 26.9. The van der Waals surface area contributed by atoms with Crippen molar-refractivity contribution in [3.8, 4) is 11.5 Å². The minimum absolute atomic E-state index is 0.191. The molecule has 0 bridgehead atoms. The van der Waals surface area contributed by atoms with E-state index in [1.165, 1.54) is 35.4 Å². The first-order chi connectivity index (χ1) is 15.5. The molecule has 1 aliphatic rings. The fraction of sp³-hybridized carbons (Fsp3) is 0.200. The fourth-order valence-electron chi connectivity index (χ4n) is 3.57. The van der Waals surface area contributed by atoms with Gasteiger partial charge in [0.15, 0.2) is 0 Å². The molecule has 3 aromatic rings. The quantitative estimate of drug-likeness (QED) is 0.589. The van der Waals surface area contributed by atoms with Crippen LogP contribution < -0.4 is 15.4 Å². The number of halogens is 1. The van der Waals surface area contributed by atoms with Crippen LogP contribution in [-0.4, -0.2) is 29.3 Å². The molecule has 3 aromatic carbocycles. The maximum Gasteiger partial charge on any atom is 0.246 e. The van der Waals surface area contributed by atoms with Crippen molar-refractivity contribution in [2.45, 2.75) is 26.1 Å². The fourth-order valence-corrected chi connectivity index (χ4v) is 3.57. The summed E-state index contributed by atoms with van der Waals surface area (Å²) in [5.74, 6) is 0.240. The van der Waals surface area contributed by atoms with Gasteiger partial charge in [-0.05, 0) is 66.6 Å².